The number of anilines is 2. The summed E-state index contributed by atoms with van der Waals surface area (Å²) in [4.78, 5) is 34.9. The van der Waals surface area contributed by atoms with Gasteiger partial charge in [-0.2, -0.15) is 10.1 Å². The number of H-pyrrole nitrogens is 1. The average molecular weight is 415 g/mol. The number of nitrogens with zero attached hydrogens (tertiary/aromatic N) is 5. The normalized spacial score (nSPS) is 14.0. The van der Waals surface area contributed by atoms with Gasteiger partial charge in [0, 0.05) is 48.4 Å². The summed E-state index contributed by atoms with van der Waals surface area (Å²) in [5.74, 6) is 0.740. The van der Waals surface area contributed by atoms with E-state index in [1.165, 1.54) is 6.08 Å². The van der Waals surface area contributed by atoms with Crippen molar-refractivity contribution in [1.82, 2.24) is 29.6 Å². The Morgan fingerprint density at radius 3 is 2.94 bits per heavy atom. The van der Waals surface area contributed by atoms with E-state index < -0.39 is 0 Å². The number of hydrogen-bond donors (Lipinski definition) is 2. The number of fused-ring (bicyclic) bond motifs is 2. The molecule has 4 heterocycles. The average Bonchev–Trinajstić information content (AvgIpc) is 3.21. The standard InChI is InChI=1S/C22H21N7O2/c1-2-19(30)28-12-14(13-28)7-8-29-20(31)6-3-15-10-23-22(26-21(15)29)25-17-4-5-18-16(9-17)11-24-27-18/h2-6,9-11,14H,1,7-8,12-13H2,(H,24,27)(H,23,25,26). The molecule has 0 radical (unpaired) electrons. The number of likely N-dealkylation sites (tertiary alicyclic amines) is 1. The molecule has 0 aliphatic carbocycles. The molecule has 1 aliphatic heterocycles. The number of carbonyl (C=O) groups is 1. The van der Waals surface area contributed by atoms with Crippen molar-refractivity contribution in [3.05, 3.63) is 65.7 Å². The fourth-order valence-electron chi connectivity index (χ4n) is 3.87. The highest BCUT2D eigenvalue weighted by atomic mass is 16.2. The molecular formula is C22H21N7O2. The minimum absolute atomic E-state index is 0.0457. The molecule has 1 aromatic carbocycles. The van der Waals surface area contributed by atoms with Gasteiger partial charge in [-0.05, 0) is 42.7 Å². The molecule has 9 heteroatoms. The van der Waals surface area contributed by atoms with Crippen LogP contribution in [0.3, 0.4) is 0 Å². The van der Waals surface area contributed by atoms with E-state index in [4.69, 9.17) is 0 Å². The first kappa shape index (κ1) is 19.0. The lowest BCUT2D eigenvalue weighted by atomic mass is 9.96. The van der Waals surface area contributed by atoms with Crippen molar-refractivity contribution in [3.8, 4) is 0 Å². The van der Waals surface area contributed by atoms with Gasteiger partial charge in [-0.15, -0.1) is 0 Å². The zero-order valence-corrected chi connectivity index (χ0v) is 16.8. The van der Waals surface area contributed by atoms with Gasteiger partial charge in [0.15, 0.2) is 0 Å². The first-order valence-electron chi connectivity index (χ1n) is 10.1. The molecule has 5 rings (SSSR count). The predicted octanol–water partition coefficient (Wildman–Crippen LogP) is 2.45. The summed E-state index contributed by atoms with van der Waals surface area (Å²) < 4.78 is 1.68. The van der Waals surface area contributed by atoms with Gasteiger partial charge in [0.25, 0.3) is 5.56 Å². The van der Waals surface area contributed by atoms with Gasteiger partial charge < -0.3 is 10.2 Å². The SMILES string of the molecule is C=CC(=O)N1CC(CCn2c(=O)ccc3cnc(Nc4ccc5[nH]ncc5c4)nc32)C1. The minimum Gasteiger partial charge on any atom is -0.338 e. The van der Waals surface area contributed by atoms with Crippen molar-refractivity contribution >= 4 is 39.5 Å². The Bertz CT molecular complexity index is 1350. The van der Waals surface area contributed by atoms with Crippen LogP contribution >= 0.6 is 0 Å². The molecule has 1 aliphatic rings. The molecule has 1 amide bonds. The van der Waals surface area contributed by atoms with Crippen molar-refractivity contribution < 1.29 is 4.79 Å². The van der Waals surface area contributed by atoms with Crippen LogP contribution in [0.4, 0.5) is 11.6 Å². The van der Waals surface area contributed by atoms with E-state index in [-0.39, 0.29) is 11.5 Å². The van der Waals surface area contributed by atoms with Gasteiger partial charge in [-0.1, -0.05) is 6.58 Å². The Kier molecular flexibility index (Phi) is 4.70. The fraction of sp³-hybridized carbons (Fsp3) is 0.227. The lowest BCUT2D eigenvalue weighted by Gasteiger charge is -2.38. The molecule has 1 fully saturated rings. The molecular weight excluding hydrogens is 394 g/mol. The van der Waals surface area contributed by atoms with Crippen molar-refractivity contribution in [2.75, 3.05) is 18.4 Å². The van der Waals surface area contributed by atoms with Crippen LogP contribution in [0.1, 0.15) is 6.42 Å². The third-order valence-corrected chi connectivity index (χ3v) is 5.62. The maximum Gasteiger partial charge on any atom is 0.252 e. The van der Waals surface area contributed by atoms with Crippen LogP contribution in [0.5, 0.6) is 0 Å². The second kappa shape index (κ2) is 7.67. The quantitative estimate of drug-likeness (QED) is 0.468. The minimum atomic E-state index is -0.102. The van der Waals surface area contributed by atoms with Crippen molar-refractivity contribution in [1.29, 1.82) is 0 Å². The van der Waals surface area contributed by atoms with Crippen LogP contribution in [0.25, 0.3) is 21.9 Å². The van der Waals surface area contributed by atoms with Gasteiger partial charge in [0.05, 0.1) is 11.7 Å². The Labute approximate surface area is 177 Å². The van der Waals surface area contributed by atoms with E-state index in [2.05, 4.69) is 32.1 Å². The number of hydrogen-bond acceptors (Lipinski definition) is 6. The van der Waals surface area contributed by atoms with Gasteiger partial charge in [-0.25, -0.2) is 4.98 Å². The fourth-order valence-corrected chi connectivity index (χ4v) is 3.87. The molecule has 1 saturated heterocycles. The predicted molar refractivity (Wildman–Crippen MR) is 118 cm³/mol. The largest absolute Gasteiger partial charge is 0.338 e. The molecule has 31 heavy (non-hydrogen) atoms. The van der Waals surface area contributed by atoms with Crippen molar-refractivity contribution in [2.45, 2.75) is 13.0 Å². The molecule has 4 aromatic rings. The summed E-state index contributed by atoms with van der Waals surface area (Å²) in [7, 11) is 0. The van der Waals surface area contributed by atoms with Crippen LogP contribution < -0.4 is 10.9 Å². The molecule has 0 saturated carbocycles. The number of aryl methyl sites for hydroxylation is 1. The van der Waals surface area contributed by atoms with E-state index in [9.17, 15) is 9.59 Å². The van der Waals surface area contributed by atoms with E-state index in [1.54, 1.807) is 34.0 Å². The molecule has 9 nitrogen and oxygen atoms in total. The number of rotatable bonds is 6. The van der Waals surface area contributed by atoms with Crippen molar-refractivity contribution in [2.24, 2.45) is 5.92 Å². The van der Waals surface area contributed by atoms with Crippen LogP contribution in [-0.2, 0) is 11.3 Å². The number of nitrogens with one attached hydrogen (secondary N) is 2. The molecule has 3 aromatic heterocycles. The molecule has 0 unspecified atom stereocenters. The van der Waals surface area contributed by atoms with Crippen LogP contribution in [-0.4, -0.2) is 48.6 Å². The van der Waals surface area contributed by atoms with Gasteiger partial charge in [-0.3, -0.25) is 19.3 Å². The second-order valence-corrected chi connectivity index (χ2v) is 7.69. The van der Waals surface area contributed by atoms with E-state index in [0.717, 1.165) is 28.4 Å². The Hall–Kier alpha value is -4.01. The van der Waals surface area contributed by atoms with Gasteiger partial charge in [0.1, 0.15) is 5.65 Å². The third-order valence-electron chi connectivity index (χ3n) is 5.62. The van der Waals surface area contributed by atoms with E-state index in [1.807, 2.05) is 18.2 Å². The highest BCUT2D eigenvalue weighted by molar-refractivity contribution is 5.87. The summed E-state index contributed by atoms with van der Waals surface area (Å²) in [5.41, 5.74) is 2.27. The summed E-state index contributed by atoms with van der Waals surface area (Å²) in [6.07, 6.45) is 5.60. The summed E-state index contributed by atoms with van der Waals surface area (Å²) in [6, 6.07) is 9.08. The monoisotopic (exact) mass is 415 g/mol. The smallest absolute Gasteiger partial charge is 0.252 e. The number of amides is 1. The number of aromatic amines is 1. The number of benzene rings is 1. The van der Waals surface area contributed by atoms with E-state index >= 15 is 0 Å². The van der Waals surface area contributed by atoms with Crippen LogP contribution in [0, 0.1) is 5.92 Å². The van der Waals surface area contributed by atoms with Crippen LogP contribution in [0.15, 0.2) is 60.2 Å². The lowest BCUT2D eigenvalue weighted by molar-refractivity contribution is -0.132. The van der Waals surface area contributed by atoms with Gasteiger partial charge >= 0.3 is 0 Å². The Balaban J connectivity index is 1.36. The lowest BCUT2D eigenvalue weighted by Crippen LogP contribution is -2.49. The number of carbonyl (C=O) groups excluding carboxylic acids is 1. The van der Waals surface area contributed by atoms with E-state index in [0.29, 0.717) is 37.1 Å². The summed E-state index contributed by atoms with van der Waals surface area (Å²) in [5, 5.41) is 11.9. The molecule has 2 N–H and O–H groups in total. The first-order chi connectivity index (χ1) is 15.1. The third kappa shape index (κ3) is 3.65. The maximum atomic E-state index is 12.6. The molecule has 0 spiro atoms. The highest BCUT2D eigenvalue weighted by Crippen LogP contribution is 2.22. The Morgan fingerprint density at radius 1 is 1.23 bits per heavy atom. The second-order valence-electron chi connectivity index (χ2n) is 7.69. The first-order valence-corrected chi connectivity index (χ1v) is 10.1. The molecule has 0 bridgehead atoms. The topological polar surface area (TPSA) is 109 Å². The zero-order chi connectivity index (χ0) is 21.4. The maximum absolute atomic E-state index is 12.6. The zero-order valence-electron chi connectivity index (χ0n) is 16.8. The summed E-state index contributed by atoms with van der Waals surface area (Å²) >= 11 is 0. The van der Waals surface area contributed by atoms with Gasteiger partial charge in [0.2, 0.25) is 11.9 Å². The van der Waals surface area contributed by atoms with Crippen molar-refractivity contribution in [3.63, 3.8) is 0 Å². The summed E-state index contributed by atoms with van der Waals surface area (Å²) in [6.45, 7) is 5.45. The molecule has 156 valence electrons. The van der Waals surface area contributed by atoms with Crippen LogP contribution in [0.2, 0.25) is 0 Å². The number of aromatic nitrogens is 5. The molecule has 0 atom stereocenters. The highest BCUT2D eigenvalue weighted by Gasteiger charge is 2.28. The Morgan fingerprint density at radius 2 is 2.10 bits per heavy atom. The number of pyridine rings is 1.